The first-order valence-electron chi connectivity index (χ1n) is 5.86. The zero-order chi connectivity index (χ0) is 13.5. The molecule has 5 heteroatoms. The first-order valence-corrected chi connectivity index (χ1v) is 5.86. The first-order chi connectivity index (χ1) is 8.08. The molecule has 0 spiro atoms. The minimum Gasteiger partial charge on any atom is -0.466 e. The smallest absolute Gasteiger partial charge is 0.332 e. The molecule has 0 aliphatic heterocycles. The highest BCUT2D eigenvalue weighted by Gasteiger charge is 1.97. The fraction of sp³-hybridized carbons (Fsp3) is 0.833. The Kier molecular flexibility index (Phi) is 16.0. The summed E-state index contributed by atoms with van der Waals surface area (Å²) in [6, 6.07) is 0. The molecule has 0 fully saturated rings. The Morgan fingerprint density at radius 2 is 1.65 bits per heavy atom. The minimum absolute atomic E-state index is 0.0556. The molecule has 0 aromatic heterocycles. The molecule has 0 aliphatic carbocycles. The molecule has 0 amide bonds. The Balaban J connectivity index is 0. The average Bonchev–Trinajstić information content (AvgIpc) is 2.27. The van der Waals surface area contributed by atoms with E-state index in [1.54, 1.807) is 0 Å². The molecule has 0 saturated heterocycles. The van der Waals surface area contributed by atoms with Crippen LogP contribution >= 0.6 is 0 Å². The topological polar surface area (TPSA) is 61.8 Å². The summed E-state index contributed by atoms with van der Waals surface area (Å²) in [6.45, 7) is 6.55. The molecule has 0 heterocycles. The molecule has 0 aliphatic rings. The zero-order valence-corrected chi connectivity index (χ0v) is 11.3. The fourth-order valence-electron chi connectivity index (χ4n) is 0.736. The predicted octanol–water partition coefficient (Wildman–Crippen LogP) is 1.94. The third-order valence-corrected chi connectivity index (χ3v) is 1.53. The van der Waals surface area contributed by atoms with Crippen molar-refractivity contribution in [1.29, 1.82) is 0 Å². The molecule has 0 atom stereocenters. The molecule has 0 bridgehead atoms. The lowest BCUT2D eigenvalue weighted by Crippen LogP contribution is -2.11. The van der Waals surface area contributed by atoms with Crippen molar-refractivity contribution < 1.29 is 23.8 Å². The van der Waals surface area contributed by atoms with Crippen LogP contribution in [-0.2, 0) is 23.8 Å². The number of rotatable bonds is 7. The summed E-state index contributed by atoms with van der Waals surface area (Å²) in [5.41, 5.74) is 0. The number of esters is 2. The predicted molar refractivity (Wildman–Crippen MR) is 64.7 cm³/mol. The zero-order valence-electron chi connectivity index (χ0n) is 11.3. The van der Waals surface area contributed by atoms with Gasteiger partial charge in [-0.2, -0.15) is 0 Å². The van der Waals surface area contributed by atoms with Crippen molar-refractivity contribution in [3.8, 4) is 0 Å². The molecule has 5 nitrogen and oxygen atoms in total. The maximum atomic E-state index is 10.5. The third kappa shape index (κ3) is 20.9. The van der Waals surface area contributed by atoms with E-state index in [2.05, 4.69) is 21.1 Å². The van der Waals surface area contributed by atoms with Gasteiger partial charge in [0.1, 0.15) is 6.61 Å². The van der Waals surface area contributed by atoms with Crippen LogP contribution < -0.4 is 0 Å². The maximum Gasteiger partial charge on any atom is 0.332 e. The van der Waals surface area contributed by atoms with Gasteiger partial charge in [0.25, 0.3) is 0 Å². The molecule has 0 saturated carbocycles. The van der Waals surface area contributed by atoms with Crippen molar-refractivity contribution in [2.75, 3.05) is 26.9 Å². The number of carbonyl (C=O) groups is 2. The lowest BCUT2D eigenvalue weighted by Gasteiger charge is -1.99. The van der Waals surface area contributed by atoms with Gasteiger partial charge in [-0.1, -0.05) is 20.3 Å². The standard InChI is InChI=1S/C6H12O3.C6H12O2/c1-3-4-9-6(7)5-8-2;1-3-4-5-8-6(2)7/h3-5H2,1-2H3;3-5H2,1-2H3. The van der Waals surface area contributed by atoms with E-state index < -0.39 is 0 Å². The summed E-state index contributed by atoms with van der Waals surface area (Å²) in [7, 11) is 1.47. The van der Waals surface area contributed by atoms with Crippen LogP contribution in [0.25, 0.3) is 0 Å². The van der Waals surface area contributed by atoms with Crippen LogP contribution in [-0.4, -0.2) is 38.9 Å². The highest BCUT2D eigenvalue weighted by atomic mass is 16.6. The molecule has 17 heavy (non-hydrogen) atoms. The fourth-order valence-corrected chi connectivity index (χ4v) is 0.736. The van der Waals surface area contributed by atoms with Gasteiger partial charge in [-0.25, -0.2) is 4.79 Å². The lowest BCUT2D eigenvalue weighted by atomic mass is 10.4. The van der Waals surface area contributed by atoms with Crippen molar-refractivity contribution >= 4 is 11.9 Å². The van der Waals surface area contributed by atoms with E-state index in [-0.39, 0.29) is 18.5 Å². The van der Waals surface area contributed by atoms with E-state index in [0.717, 1.165) is 19.3 Å². The van der Waals surface area contributed by atoms with Crippen molar-refractivity contribution in [3.05, 3.63) is 0 Å². The number of methoxy groups -OCH3 is 1. The Morgan fingerprint density at radius 1 is 1.00 bits per heavy atom. The van der Waals surface area contributed by atoms with E-state index >= 15 is 0 Å². The van der Waals surface area contributed by atoms with E-state index in [9.17, 15) is 9.59 Å². The SMILES string of the molecule is CCCCOC(C)=O.CCCOC(=O)COC. The third-order valence-electron chi connectivity index (χ3n) is 1.53. The molecule has 0 unspecified atom stereocenters. The van der Waals surface area contributed by atoms with Crippen LogP contribution in [0, 0.1) is 0 Å². The van der Waals surface area contributed by atoms with Gasteiger partial charge in [0.05, 0.1) is 13.2 Å². The van der Waals surface area contributed by atoms with Gasteiger partial charge in [-0.15, -0.1) is 0 Å². The molecule has 0 rings (SSSR count). The molecular weight excluding hydrogens is 224 g/mol. The Morgan fingerprint density at radius 3 is 2.06 bits per heavy atom. The summed E-state index contributed by atoms with van der Waals surface area (Å²) in [5, 5.41) is 0. The number of unbranched alkanes of at least 4 members (excludes halogenated alkanes) is 1. The van der Waals surface area contributed by atoms with Gasteiger partial charge in [0.2, 0.25) is 0 Å². The van der Waals surface area contributed by atoms with Crippen LogP contribution in [0.1, 0.15) is 40.0 Å². The van der Waals surface area contributed by atoms with Gasteiger partial charge in [-0.05, 0) is 12.8 Å². The monoisotopic (exact) mass is 248 g/mol. The number of hydrogen-bond donors (Lipinski definition) is 0. The number of carbonyl (C=O) groups excluding carboxylic acids is 2. The van der Waals surface area contributed by atoms with Crippen LogP contribution in [0.15, 0.2) is 0 Å². The molecule has 102 valence electrons. The minimum atomic E-state index is -0.292. The van der Waals surface area contributed by atoms with Gasteiger partial charge in [0, 0.05) is 14.0 Å². The van der Waals surface area contributed by atoms with Crippen LogP contribution in [0.3, 0.4) is 0 Å². The summed E-state index contributed by atoms with van der Waals surface area (Å²) in [6.07, 6.45) is 2.91. The van der Waals surface area contributed by atoms with Gasteiger partial charge < -0.3 is 14.2 Å². The number of hydrogen-bond acceptors (Lipinski definition) is 5. The van der Waals surface area contributed by atoms with Crippen molar-refractivity contribution in [2.45, 2.75) is 40.0 Å². The Bertz CT molecular complexity index is 191. The Labute approximate surface area is 103 Å². The second-order valence-electron chi connectivity index (χ2n) is 3.35. The van der Waals surface area contributed by atoms with Gasteiger partial charge in [0.15, 0.2) is 0 Å². The van der Waals surface area contributed by atoms with Crippen molar-refractivity contribution in [1.82, 2.24) is 0 Å². The lowest BCUT2D eigenvalue weighted by molar-refractivity contribution is -0.148. The van der Waals surface area contributed by atoms with Crippen LogP contribution in [0.5, 0.6) is 0 Å². The van der Waals surface area contributed by atoms with E-state index in [1.807, 2.05) is 6.92 Å². The molecular formula is C12H24O5. The highest BCUT2D eigenvalue weighted by Crippen LogP contribution is 1.86. The molecule has 0 aromatic rings. The van der Waals surface area contributed by atoms with Gasteiger partial charge in [-0.3, -0.25) is 4.79 Å². The average molecular weight is 248 g/mol. The van der Waals surface area contributed by atoms with E-state index in [0.29, 0.717) is 13.2 Å². The summed E-state index contributed by atoms with van der Waals surface area (Å²) >= 11 is 0. The van der Waals surface area contributed by atoms with Crippen molar-refractivity contribution in [3.63, 3.8) is 0 Å². The second-order valence-corrected chi connectivity index (χ2v) is 3.35. The summed E-state index contributed by atoms with van der Waals surface area (Å²) in [5.74, 6) is -0.474. The first kappa shape index (κ1) is 18.3. The van der Waals surface area contributed by atoms with Gasteiger partial charge >= 0.3 is 11.9 Å². The largest absolute Gasteiger partial charge is 0.466 e. The van der Waals surface area contributed by atoms with Crippen LogP contribution in [0.2, 0.25) is 0 Å². The highest BCUT2D eigenvalue weighted by molar-refractivity contribution is 5.70. The normalized spacial score (nSPS) is 8.94. The van der Waals surface area contributed by atoms with Crippen molar-refractivity contribution in [2.24, 2.45) is 0 Å². The quantitative estimate of drug-likeness (QED) is 0.509. The summed E-state index contributed by atoms with van der Waals surface area (Å²) < 4.78 is 13.8. The number of ether oxygens (including phenoxy) is 3. The second kappa shape index (κ2) is 14.9. The van der Waals surface area contributed by atoms with Crippen LogP contribution in [0.4, 0.5) is 0 Å². The maximum absolute atomic E-state index is 10.5. The van der Waals surface area contributed by atoms with E-state index in [4.69, 9.17) is 0 Å². The van der Waals surface area contributed by atoms with E-state index in [1.165, 1.54) is 14.0 Å². The molecule has 0 aromatic carbocycles. The summed E-state index contributed by atoms with van der Waals surface area (Å²) in [4.78, 5) is 20.6. The molecule has 0 radical (unpaired) electrons. The Hall–Kier alpha value is -1.10. The molecule has 0 N–H and O–H groups in total.